The Morgan fingerprint density at radius 3 is 2.85 bits per heavy atom. The molecule has 0 radical (unpaired) electrons. The third kappa shape index (κ3) is 1.53. The first kappa shape index (κ1) is 8.88. The van der Waals surface area contributed by atoms with Crippen LogP contribution in [0.15, 0.2) is 6.20 Å². The minimum Gasteiger partial charge on any atom is -0.383 e. The molecule has 0 amide bonds. The van der Waals surface area contributed by atoms with Gasteiger partial charge in [-0.25, -0.2) is 4.68 Å². The third-order valence-corrected chi connectivity index (χ3v) is 2.98. The van der Waals surface area contributed by atoms with Crippen molar-refractivity contribution in [2.24, 2.45) is 5.92 Å². The summed E-state index contributed by atoms with van der Waals surface area (Å²) < 4.78 is 1.88. The van der Waals surface area contributed by atoms with E-state index in [1.807, 2.05) is 4.68 Å². The van der Waals surface area contributed by atoms with Crippen molar-refractivity contribution < 1.29 is 0 Å². The fourth-order valence-corrected chi connectivity index (χ4v) is 1.93. The van der Waals surface area contributed by atoms with Crippen LogP contribution in [0.1, 0.15) is 32.2 Å². The zero-order valence-corrected chi connectivity index (χ0v) is 8.46. The van der Waals surface area contributed by atoms with Crippen molar-refractivity contribution in [2.45, 2.75) is 32.2 Å². The van der Waals surface area contributed by atoms with E-state index in [4.69, 9.17) is 17.3 Å². The summed E-state index contributed by atoms with van der Waals surface area (Å²) in [6, 6.07) is 0.451. The van der Waals surface area contributed by atoms with Crippen LogP contribution in [0, 0.1) is 5.92 Å². The molecule has 0 spiro atoms. The Balaban J connectivity index is 2.26. The summed E-state index contributed by atoms with van der Waals surface area (Å²) in [6.07, 6.45) is 5.31. The van der Waals surface area contributed by atoms with Gasteiger partial charge in [-0.15, -0.1) is 0 Å². The highest BCUT2D eigenvalue weighted by Gasteiger charge is 2.32. The van der Waals surface area contributed by atoms with Gasteiger partial charge in [-0.3, -0.25) is 0 Å². The molecule has 1 atom stereocenters. The molecule has 0 aromatic carbocycles. The smallest absolute Gasteiger partial charge is 0.140 e. The number of rotatable bonds is 3. The molecule has 1 aromatic rings. The molecule has 2 N–H and O–H groups in total. The summed E-state index contributed by atoms with van der Waals surface area (Å²) in [5.41, 5.74) is 5.81. The molecule has 1 saturated carbocycles. The van der Waals surface area contributed by atoms with Crippen LogP contribution in [0.4, 0.5) is 5.82 Å². The summed E-state index contributed by atoms with van der Waals surface area (Å²) in [5.74, 6) is 1.38. The fraction of sp³-hybridized carbons (Fsp3) is 0.667. The molecule has 1 aliphatic rings. The van der Waals surface area contributed by atoms with Gasteiger partial charge in [0, 0.05) is 0 Å². The van der Waals surface area contributed by atoms with Crippen molar-refractivity contribution in [1.82, 2.24) is 9.78 Å². The summed E-state index contributed by atoms with van der Waals surface area (Å²) in [6.45, 7) is 2.16. The van der Waals surface area contributed by atoms with E-state index in [-0.39, 0.29) is 0 Å². The molecule has 72 valence electrons. The molecular formula is C9H14ClN3. The van der Waals surface area contributed by atoms with Crippen LogP contribution in [-0.2, 0) is 0 Å². The molecule has 1 heterocycles. The summed E-state index contributed by atoms with van der Waals surface area (Å²) in [7, 11) is 0. The molecule has 13 heavy (non-hydrogen) atoms. The molecule has 3 nitrogen and oxygen atoms in total. The SMILES string of the molecule is CCC(C1CC1)n1ncc(Cl)c1N. The first-order valence-electron chi connectivity index (χ1n) is 4.72. The maximum absolute atomic E-state index is 5.85. The number of halogens is 1. The van der Waals surface area contributed by atoms with Gasteiger partial charge >= 0.3 is 0 Å². The lowest BCUT2D eigenvalue weighted by atomic mass is 10.1. The third-order valence-electron chi connectivity index (χ3n) is 2.69. The minimum atomic E-state index is 0.451. The number of aromatic nitrogens is 2. The molecular weight excluding hydrogens is 186 g/mol. The summed E-state index contributed by atoms with van der Waals surface area (Å²) in [5, 5.41) is 4.78. The molecule has 4 heteroatoms. The van der Waals surface area contributed by atoms with Gasteiger partial charge in [0.15, 0.2) is 0 Å². The topological polar surface area (TPSA) is 43.8 Å². The lowest BCUT2D eigenvalue weighted by Crippen LogP contribution is -2.14. The lowest BCUT2D eigenvalue weighted by molar-refractivity contribution is 0.399. The normalized spacial score (nSPS) is 18.9. The number of nitrogen functional groups attached to an aromatic ring is 1. The van der Waals surface area contributed by atoms with Gasteiger partial charge in [0.25, 0.3) is 0 Å². The zero-order valence-electron chi connectivity index (χ0n) is 7.70. The number of hydrogen-bond acceptors (Lipinski definition) is 2. The average Bonchev–Trinajstić information content (AvgIpc) is 2.89. The Kier molecular flexibility index (Phi) is 2.20. The number of nitrogens with two attached hydrogens (primary N) is 1. The highest BCUT2D eigenvalue weighted by atomic mass is 35.5. The standard InChI is InChI=1S/C9H14ClN3/c1-2-8(6-3-4-6)13-9(11)7(10)5-12-13/h5-6,8H,2-4,11H2,1H3. The first-order valence-corrected chi connectivity index (χ1v) is 5.10. The molecule has 1 aliphatic carbocycles. The maximum Gasteiger partial charge on any atom is 0.140 e. The van der Waals surface area contributed by atoms with E-state index in [2.05, 4.69) is 12.0 Å². The molecule has 1 fully saturated rings. The fourth-order valence-electron chi connectivity index (χ4n) is 1.80. The van der Waals surface area contributed by atoms with Crippen molar-refractivity contribution >= 4 is 17.4 Å². The van der Waals surface area contributed by atoms with Crippen LogP contribution in [0.3, 0.4) is 0 Å². The Morgan fingerprint density at radius 2 is 2.46 bits per heavy atom. The Morgan fingerprint density at radius 1 is 1.77 bits per heavy atom. The highest BCUT2D eigenvalue weighted by Crippen LogP contribution is 2.42. The average molecular weight is 200 g/mol. The molecule has 0 aliphatic heterocycles. The predicted octanol–water partition coefficient (Wildman–Crippen LogP) is 2.48. The van der Waals surface area contributed by atoms with Crippen LogP contribution < -0.4 is 5.73 Å². The zero-order chi connectivity index (χ0) is 9.42. The van der Waals surface area contributed by atoms with Gasteiger partial charge in [0.05, 0.1) is 12.2 Å². The predicted molar refractivity (Wildman–Crippen MR) is 53.7 cm³/mol. The van der Waals surface area contributed by atoms with Crippen LogP contribution >= 0.6 is 11.6 Å². The van der Waals surface area contributed by atoms with E-state index in [0.29, 0.717) is 16.9 Å². The van der Waals surface area contributed by atoms with E-state index < -0.39 is 0 Å². The van der Waals surface area contributed by atoms with E-state index in [0.717, 1.165) is 12.3 Å². The molecule has 0 bridgehead atoms. The van der Waals surface area contributed by atoms with E-state index in [9.17, 15) is 0 Å². The largest absolute Gasteiger partial charge is 0.383 e. The summed E-state index contributed by atoms with van der Waals surface area (Å²) in [4.78, 5) is 0. The van der Waals surface area contributed by atoms with E-state index in [1.54, 1.807) is 6.20 Å². The molecule has 2 rings (SSSR count). The van der Waals surface area contributed by atoms with E-state index >= 15 is 0 Å². The van der Waals surface area contributed by atoms with Gasteiger partial charge in [-0.1, -0.05) is 18.5 Å². The number of hydrogen-bond donors (Lipinski definition) is 1. The van der Waals surface area contributed by atoms with Gasteiger partial charge in [-0.05, 0) is 25.2 Å². The Hall–Kier alpha value is -0.700. The van der Waals surface area contributed by atoms with Crippen molar-refractivity contribution in [1.29, 1.82) is 0 Å². The van der Waals surface area contributed by atoms with Crippen molar-refractivity contribution in [3.8, 4) is 0 Å². The lowest BCUT2D eigenvalue weighted by Gasteiger charge is -2.15. The van der Waals surface area contributed by atoms with Crippen LogP contribution in [0.25, 0.3) is 0 Å². The van der Waals surface area contributed by atoms with E-state index in [1.165, 1.54) is 12.8 Å². The minimum absolute atomic E-state index is 0.451. The maximum atomic E-state index is 5.85. The number of anilines is 1. The second-order valence-electron chi connectivity index (χ2n) is 3.64. The van der Waals surface area contributed by atoms with Gasteiger partial charge < -0.3 is 5.73 Å². The highest BCUT2D eigenvalue weighted by molar-refractivity contribution is 6.32. The Bertz CT molecular complexity index is 304. The first-order chi connectivity index (χ1) is 6.24. The molecule has 1 aromatic heterocycles. The van der Waals surface area contributed by atoms with Gasteiger partial charge in [0.1, 0.15) is 10.8 Å². The summed E-state index contributed by atoms with van der Waals surface area (Å²) >= 11 is 5.85. The number of nitrogens with zero attached hydrogens (tertiary/aromatic N) is 2. The van der Waals surface area contributed by atoms with Crippen molar-refractivity contribution in [3.63, 3.8) is 0 Å². The molecule has 1 unspecified atom stereocenters. The second-order valence-corrected chi connectivity index (χ2v) is 4.04. The van der Waals surface area contributed by atoms with Crippen LogP contribution in [0.5, 0.6) is 0 Å². The van der Waals surface area contributed by atoms with Gasteiger partial charge in [-0.2, -0.15) is 5.10 Å². The van der Waals surface area contributed by atoms with Crippen LogP contribution in [0.2, 0.25) is 5.02 Å². The quantitative estimate of drug-likeness (QED) is 0.813. The molecule has 0 saturated heterocycles. The van der Waals surface area contributed by atoms with Crippen LogP contribution in [-0.4, -0.2) is 9.78 Å². The van der Waals surface area contributed by atoms with Gasteiger partial charge in [0.2, 0.25) is 0 Å². The van der Waals surface area contributed by atoms with Crippen molar-refractivity contribution in [2.75, 3.05) is 5.73 Å². The second kappa shape index (κ2) is 3.22. The monoisotopic (exact) mass is 199 g/mol. The van der Waals surface area contributed by atoms with Crippen molar-refractivity contribution in [3.05, 3.63) is 11.2 Å². The Labute approximate surface area is 82.9 Å².